The van der Waals surface area contributed by atoms with Gasteiger partial charge in [0.1, 0.15) is 0 Å². The molecule has 0 saturated carbocycles. The minimum atomic E-state index is -0.259. The number of nitrogens with one attached hydrogen (secondary N) is 2. The maximum Gasteiger partial charge on any atom is 0.276 e. The molecule has 0 fully saturated rings. The normalized spacial score (nSPS) is 10.4. The van der Waals surface area contributed by atoms with Crippen LogP contribution >= 0.6 is 0 Å². The number of carbonyl (C=O) groups is 1. The van der Waals surface area contributed by atoms with E-state index in [2.05, 4.69) is 21.6 Å². The largest absolute Gasteiger partial charge is 0.321 e. The number of amides is 1. The van der Waals surface area contributed by atoms with Gasteiger partial charge in [-0.15, -0.1) is 0 Å². The number of hydrogen-bond acceptors (Lipinski definition) is 3. The predicted octanol–water partition coefficient (Wildman–Crippen LogP) is 3.19. The average molecular weight is 290 g/mol. The lowest BCUT2D eigenvalue weighted by Gasteiger charge is -2.04. The van der Waals surface area contributed by atoms with Gasteiger partial charge in [-0.25, -0.2) is 0 Å². The number of benzene rings is 2. The molecule has 5 nitrogen and oxygen atoms in total. The molecule has 0 aliphatic carbocycles. The van der Waals surface area contributed by atoms with Crippen LogP contribution in [-0.2, 0) is 6.42 Å². The number of rotatable bonds is 3. The van der Waals surface area contributed by atoms with Crippen LogP contribution in [0.5, 0.6) is 0 Å². The Morgan fingerprint density at radius 1 is 1.27 bits per heavy atom. The molecule has 3 rings (SSSR count). The molecule has 0 atom stereocenters. The molecular formula is C17H14N4O. The number of hydrogen-bond donors (Lipinski definition) is 2. The van der Waals surface area contributed by atoms with E-state index in [-0.39, 0.29) is 5.91 Å². The second-order valence-corrected chi connectivity index (χ2v) is 5.11. The standard InChI is InChI=1S/C17H14N4O/c1-11-2-7-15-14(10-11)16(21-20-15)17(22)19-13-5-3-12(4-6-13)8-9-18/h2-7,10H,8H2,1H3,(H,19,22)(H,20,21). The van der Waals surface area contributed by atoms with Crippen LogP contribution in [0.15, 0.2) is 42.5 Å². The third-order valence-corrected chi connectivity index (χ3v) is 3.43. The topological polar surface area (TPSA) is 81.6 Å². The molecule has 108 valence electrons. The van der Waals surface area contributed by atoms with Crippen LogP contribution in [0, 0.1) is 18.3 Å². The monoisotopic (exact) mass is 290 g/mol. The summed E-state index contributed by atoms with van der Waals surface area (Å²) in [6.07, 6.45) is 0.359. The minimum Gasteiger partial charge on any atom is -0.321 e. The molecule has 2 N–H and O–H groups in total. The Balaban J connectivity index is 1.84. The summed E-state index contributed by atoms with van der Waals surface area (Å²) < 4.78 is 0. The molecule has 22 heavy (non-hydrogen) atoms. The molecule has 1 amide bonds. The number of anilines is 1. The first kappa shape index (κ1) is 13.8. The zero-order chi connectivity index (χ0) is 15.5. The van der Waals surface area contributed by atoms with Gasteiger partial charge in [-0.1, -0.05) is 23.8 Å². The maximum atomic E-state index is 12.4. The molecule has 0 saturated heterocycles. The van der Waals surface area contributed by atoms with Gasteiger partial charge in [0.2, 0.25) is 0 Å². The van der Waals surface area contributed by atoms with E-state index in [0.29, 0.717) is 17.8 Å². The van der Waals surface area contributed by atoms with Crippen molar-refractivity contribution in [2.75, 3.05) is 5.32 Å². The van der Waals surface area contributed by atoms with Gasteiger partial charge in [0.05, 0.1) is 18.0 Å². The van der Waals surface area contributed by atoms with Crippen LogP contribution < -0.4 is 5.32 Å². The molecule has 1 heterocycles. The van der Waals surface area contributed by atoms with Gasteiger partial charge >= 0.3 is 0 Å². The van der Waals surface area contributed by atoms with Crippen LogP contribution in [0.25, 0.3) is 10.9 Å². The van der Waals surface area contributed by atoms with Crippen LogP contribution in [0.3, 0.4) is 0 Å². The Bertz CT molecular complexity index is 872. The quantitative estimate of drug-likeness (QED) is 0.777. The summed E-state index contributed by atoms with van der Waals surface area (Å²) in [5, 5.41) is 19.2. The second kappa shape index (κ2) is 5.70. The number of nitriles is 1. The van der Waals surface area contributed by atoms with Crippen LogP contribution in [0.4, 0.5) is 5.69 Å². The Morgan fingerprint density at radius 3 is 2.77 bits per heavy atom. The number of aromatic nitrogens is 2. The fraction of sp³-hybridized carbons (Fsp3) is 0.118. The number of nitrogens with zero attached hydrogens (tertiary/aromatic N) is 2. The van der Waals surface area contributed by atoms with Crippen molar-refractivity contribution in [2.45, 2.75) is 13.3 Å². The minimum absolute atomic E-state index is 0.259. The van der Waals surface area contributed by atoms with Crippen LogP contribution in [-0.4, -0.2) is 16.1 Å². The molecule has 0 spiro atoms. The van der Waals surface area contributed by atoms with Gasteiger partial charge in [0.15, 0.2) is 5.69 Å². The van der Waals surface area contributed by atoms with E-state index in [1.807, 2.05) is 37.3 Å². The third kappa shape index (κ3) is 2.67. The summed E-state index contributed by atoms with van der Waals surface area (Å²) in [6.45, 7) is 1.97. The number of aryl methyl sites for hydroxylation is 1. The van der Waals surface area contributed by atoms with E-state index < -0.39 is 0 Å². The Labute approximate surface area is 127 Å². The maximum absolute atomic E-state index is 12.4. The second-order valence-electron chi connectivity index (χ2n) is 5.11. The number of H-pyrrole nitrogens is 1. The molecular weight excluding hydrogens is 276 g/mol. The highest BCUT2D eigenvalue weighted by molar-refractivity contribution is 6.11. The van der Waals surface area contributed by atoms with Gasteiger partial charge in [-0.2, -0.15) is 10.4 Å². The van der Waals surface area contributed by atoms with Gasteiger partial charge in [-0.05, 0) is 36.8 Å². The van der Waals surface area contributed by atoms with Gasteiger partial charge in [0, 0.05) is 11.1 Å². The van der Waals surface area contributed by atoms with Crippen molar-refractivity contribution in [2.24, 2.45) is 0 Å². The number of aromatic amines is 1. The van der Waals surface area contributed by atoms with E-state index in [1.165, 1.54) is 0 Å². The van der Waals surface area contributed by atoms with Crippen molar-refractivity contribution in [3.8, 4) is 6.07 Å². The molecule has 0 bridgehead atoms. The van der Waals surface area contributed by atoms with Gasteiger partial charge < -0.3 is 5.32 Å². The van der Waals surface area contributed by atoms with E-state index in [9.17, 15) is 4.79 Å². The molecule has 0 radical (unpaired) electrons. The van der Waals surface area contributed by atoms with E-state index in [4.69, 9.17) is 5.26 Å². The number of carbonyl (C=O) groups excluding carboxylic acids is 1. The first-order valence-electron chi connectivity index (χ1n) is 6.89. The third-order valence-electron chi connectivity index (χ3n) is 3.43. The smallest absolute Gasteiger partial charge is 0.276 e. The Morgan fingerprint density at radius 2 is 2.05 bits per heavy atom. The predicted molar refractivity (Wildman–Crippen MR) is 84.5 cm³/mol. The summed E-state index contributed by atoms with van der Waals surface area (Å²) >= 11 is 0. The molecule has 1 aromatic heterocycles. The summed E-state index contributed by atoms with van der Waals surface area (Å²) in [5.41, 5.74) is 3.88. The number of fused-ring (bicyclic) bond motifs is 1. The van der Waals surface area contributed by atoms with E-state index >= 15 is 0 Å². The summed E-state index contributed by atoms with van der Waals surface area (Å²) in [7, 11) is 0. The average Bonchev–Trinajstić information content (AvgIpc) is 2.92. The lowest BCUT2D eigenvalue weighted by Crippen LogP contribution is -2.12. The molecule has 0 aliphatic heterocycles. The van der Waals surface area contributed by atoms with Gasteiger partial charge in [0.25, 0.3) is 5.91 Å². The lowest BCUT2D eigenvalue weighted by molar-refractivity contribution is 0.102. The highest BCUT2D eigenvalue weighted by Crippen LogP contribution is 2.19. The van der Waals surface area contributed by atoms with Gasteiger partial charge in [-0.3, -0.25) is 9.89 Å². The molecule has 3 aromatic rings. The van der Waals surface area contributed by atoms with Crippen molar-refractivity contribution < 1.29 is 4.79 Å². The first-order valence-corrected chi connectivity index (χ1v) is 6.89. The summed E-state index contributed by atoms with van der Waals surface area (Å²) in [5.74, 6) is -0.259. The molecule has 2 aromatic carbocycles. The Hall–Kier alpha value is -3.13. The van der Waals surface area contributed by atoms with E-state index in [0.717, 1.165) is 22.0 Å². The fourth-order valence-electron chi connectivity index (χ4n) is 2.29. The highest BCUT2D eigenvalue weighted by Gasteiger charge is 2.14. The highest BCUT2D eigenvalue weighted by atomic mass is 16.1. The van der Waals surface area contributed by atoms with Crippen LogP contribution in [0.2, 0.25) is 0 Å². The molecule has 0 aliphatic rings. The SMILES string of the molecule is Cc1ccc2[nH]nc(C(=O)Nc3ccc(CC#N)cc3)c2c1. The summed E-state index contributed by atoms with van der Waals surface area (Å²) in [6, 6.07) is 15.1. The first-order chi connectivity index (χ1) is 10.7. The van der Waals surface area contributed by atoms with E-state index in [1.54, 1.807) is 12.1 Å². The zero-order valence-electron chi connectivity index (χ0n) is 12.1. The lowest BCUT2D eigenvalue weighted by atomic mass is 10.1. The summed E-state index contributed by atoms with van der Waals surface area (Å²) in [4.78, 5) is 12.4. The molecule has 5 heteroatoms. The van der Waals surface area contributed by atoms with Crippen LogP contribution in [0.1, 0.15) is 21.6 Å². The zero-order valence-corrected chi connectivity index (χ0v) is 12.1. The van der Waals surface area contributed by atoms with Crippen molar-refractivity contribution >= 4 is 22.5 Å². The fourth-order valence-corrected chi connectivity index (χ4v) is 2.29. The van der Waals surface area contributed by atoms with Crippen molar-refractivity contribution in [1.82, 2.24) is 10.2 Å². The van der Waals surface area contributed by atoms with Crippen molar-refractivity contribution in [1.29, 1.82) is 5.26 Å². The Kier molecular flexibility index (Phi) is 3.58. The van der Waals surface area contributed by atoms with Crippen molar-refractivity contribution in [3.63, 3.8) is 0 Å². The van der Waals surface area contributed by atoms with Crippen molar-refractivity contribution in [3.05, 3.63) is 59.3 Å². The molecule has 0 unspecified atom stereocenters.